The molecule has 31 heavy (non-hydrogen) atoms. The number of hydrogen-bond donors (Lipinski definition) is 1. The minimum absolute atomic E-state index is 0.0569. The maximum atomic E-state index is 12.3. The van der Waals surface area contributed by atoms with Crippen molar-refractivity contribution in [3.63, 3.8) is 0 Å². The third-order valence-electron chi connectivity index (χ3n) is 4.77. The van der Waals surface area contributed by atoms with Crippen molar-refractivity contribution in [3.05, 3.63) is 47.7 Å². The summed E-state index contributed by atoms with van der Waals surface area (Å²) in [5.74, 6) is -0.356. The van der Waals surface area contributed by atoms with Crippen LogP contribution in [0.5, 0.6) is 0 Å². The number of carbonyl (C=O) groups excluding carboxylic acids is 3. The number of hydrogen-bond acceptors (Lipinski definition) is 6. The smallest absolute Gasteiger partial charge is 0.412 e. The van der Waals surface area contributed by atoms with E-state index in [2.05, 4.69) is 5.32 Å². The lowest BCUT2D eigenvalue weighted by atomic mass is 9.93. The summed E-state index contributed by atoms with van der Waals surface area (Å²) in [5, 5.41) is 2.46. The molecule has 0 aromatic heterocycles. The number of ether oxygens (including phenoxy) is 3. The van der Waals surface area contributed by atoms with Crippen molar-refractivity contribution in [1.82, 2.24) is 10.2 Å². The van der Waals surface area contributed by atoms with E-state index in [1.807, 2.05) is 30.3 Å². The van der Waals surface area contributed by atoms with Crippen LogP contribution in [0.25, 0.3) is 0 Å². The van der Waals surface area contributed by atoms with Gasteiger partial charge in [0.25, 0.3) is 0 Å². The van der Waals surface area contributed by atoms with Crippen LogP contribution in [0.3, 0.4) is 0 Å². The van der Waals surface area contributed by atoms with Gasteiger partial charge < -0.3 is 19.1 Å². The minimum Gasteiger partial charge on any atom is -0.464 e. The van der Waals surface area contributed by atoms with E-state index in [0.29, 0.717) is 19.5 Å². The fourth-order valence-electron chi connectivity index (χ4n) is 3.16. The number of esters is 1. The fourth-order valence-corrected chi connectivity index (χ4v) is 3.16. The third-order valence-corrected chi connectivity index (χ3v) is 4.77. The number of likely N-dealkylation sites (tertiary alicyclic amines) is 1. The Labute approximate surface area is 183 Å². The van der Waals surface area contributed by atoms with Crippen molar-refractivity contribution < 1.29 is 28.6 Å². The van der Waals surface area contributed by atoms with Gasteiger partial charge in [-0.05, 0) is 51.5 Å². The van der Waals surface area contributed by atoms with E-state index in [1.54, 1.807) is 31.7 Å². The van der Waals surface area contributed by atoms with Gasteiger partial charge in [0.1, 0.15) is 17.9 Å². The van der Waals surface area contributed by atoms with E-state index in [9.17, 15) is 14.4 Å². The van der Waals surface area contributed by atoms with Crippen molar-refractivity contribution in [3.8, 4) is 0 Å². The maximum Gasteiger partial charge on any atom is 0.412 e. The molecule has 0 radical (unpaired) electrons. The normalized spacial score (nSPS) is 15.2. The zero-order valence-electron chi connectivity index (χ0n) is 18.7. The van der Waals surface area contributed by atoms with Crippen molar-refractivity contribution in [2.75, 3.05) is 20.2 Å². The molecule has 0 spiro atoms. The predicted octanol–water partition coefficient (Wildman–Crippen LogP) is 4.01. The van der Waals surface area contributed by atoms with Gasteiger partial charge >= 0.3 is 18.2 Å². The molecule has 1 aromatic rings. The lowest BCUT2D eigenvalue weighted by Crippen LogP contribution is -2.38. The van der Waals surface area contributed by atoms with Crippen LogP contribution >= 0.6 is 0 Å². The number of nitrogens with one attached hydrogen (secondary N) is 1. The molecular weight excluding hydrogens is 400 g/mol. The van der Waals surface area contributed by atoms with E-state index in [-0.39, 0.29) is 24.3 Å². The van der Waals surface area contributed by atoms with Gasteiger partial charge in [-0.3, -0.25) is 5.32 Å². The first kappa shape index (κ1) is 24.2. The van der Waals surface area contributed by atoms with Gasteiger partial charge in [0.15, 0.2) is 0 Å². The molecule has 0 saturated carbocycles. The Morgan fingerprint density at radius 1 is 1.13 bits per heavy atom. The minimum atomic E-state index is -0.708. The molecule has 1 fully saturated rings. The SMILES string of the molecule is COC(=O)/C(=C\CC1CCN(C(=O)OCc2ccccc2)CC1)NC(=O)OC(C)(C)C. The Balaban J connectivity index is 1.82. The van der Waals surface area contributed by atoms with Crippen molar-refractivity contribution in [1.29, 1.82) is 0 Å². The van der Waals surface area contributed by atoms with Gasteiger partial charge in [-0.15, -0.1) is 0 Å². The van der Waals surface area contributed by atoms with Crippen LogP contribution < -0.4 is 5.32 Å². The van der Waals surface area contributed by atoms with Crippen molar-refractivity contribution in [2.45, 2.75) is 52.2 Å². The fraction of sp³-hybridized carbons (Fsp3) is 0.522. The molecule has 170 valence electrons. The molecule has 1 aromatic carbocycles. The van der Waals surface area contributed by atoms with Crippen LogP contribution in [0.15, 0.2) is 42.1 Å². The second-order valence-corrected chi connectivity index (χ2v) is 8.44. The summed E-state index contributed by atoms with van der Waals surface area (Å²) >= 11 is 0. The van der Waals surface area contributed by atoms with Gasteiger partial charge in [0.2, 0.25) is 0 Å². The molecule has 1 aliphatic heterocycles. The van der Waals surface area contributed by atoms with Gasteiger partial charge in [-0.2, -0.15) is 0 Å². The van der Waals surface area contributed by atoms with Gasteiger partial charge in [0.05, 0.1) is 7.11 Å². The summed E-state index contributed by atoms with van der Waals surface area (Å²) in [6.07, 6.45) is 2.76. The Kier molecular flexibility index (Phi) is 8.90. The number of nitrogens with zero attached hydrogens (tertiary/aromatic N) is 1. The third kappa shape index (κ3) is 8.70. The Bertz CT molecular complexity index is 777. The van der Waals surface area contributed by atoms with E-state index in [4.69, 9.17) is 14.2 Å². The average molecular weight is 433 g/mol. The van der Waals surface area contributed by atoms with Gasteiger partial charge in [0, 0.05) is 13.1 Å². The maximum absolute atomic E-state index is 12.3. The summed E-state index contributed by atoms with van der Waals surface area (Å²) in [6, 6.07) is 9.55. The number of benzene rings is 1. The summed E-state index contributed by atoms with van der Waals surface area (Å²) in [4.78, 5) is 37.9. The lowest BCUT2D eigenvalue weighted by Gasteiger charge is -2.31. The van der Waals surface area contributed by atoms with Gasteiger partial charge in [-0.25, -0.2) is 14.4 Å². The van der Waals surface area contributed by atoms with Gasteiger partial charge in [-0.1, -0.05) is 36.4 Å². The van der Waals surface area contributed by atoms with E-state index < -0.39 is 17.7 Å². The second kappa shape index (κ2) is 11.4. The molecule has 1 saturated heterocycles. The first-order valence-corrected chi connectivity index (χ1v) is 10.4. The van der Waals surface area contributed by atoms with Crippen molar-refractivity contribution >= 4 is 18.2 Å². The molecule has 8 nitrogen and oxygen atoms in total. The number of piperidine rings is 1. The van der Waals surface area contributed by atoms with Crippen LogP contribution in [-0.4, -0.2) is 48.9 Å². The van der Waals surface area contributed by atoms with Crippen LogP contribution in [0.2, 0.25) is 0 Å². The Morgan fingerprint density at radius 3 is 2.35 bits per heavy atom. The summed E-state index contributed by atoms with van der Waals surface area (Å²) < 4.78 is 15.3. The summed E-state index contributed by atoms with van der Waals surface area (Å²) in [7, 11) is 1.26. The van der Waals surface area contributed by atoms with Crippen LogP contribution in [0.4, 0.5) is 9.59 Å². The highest BCUT2D eigenvalue weighted by Gasteiger charge is 2.24. The molecule has 0 bridgehead atoms. The molecule has 1 N–H and O–H groups in total. The summed E-state index contributed by atoms with van der Waals surface area (Å²) in [6.45, 7) is 6.64. The number of methoxy groups -OCH3 is 1. The topological polar surface area (TPSA) is 94.2 Å². The molecule has 8 heteroatoms. The Hall–Kier alpha value is -3.03. The first-order valence-electron chi connectivity index (χ1n) is 10.4. The van der Waals surface area contributed by atoms with Crippen LogP contribution in [-0.2, 0) is 25.6 Å². The van der Waals surface area contributed by atoms with Crippen LogP contribution in [0, 0.1) is 5.92 Å². The van der Waals surface area contributed by atoms with E-state index in [1.165, 1.54) is 7.11 Å². The number of amides is 2. The highest BCUT2D eigenvalue weighted by atomic mass is 16.6. The molecule has 2 amide bonds. The number of allylic oxidation sites excluding steroid dienone is 1. The molecule has 0 aliphatic carbocycles. The largest absolute Gasteiger partial charge is 0.464 e. The van der Waals surface area contributed by atoms with Crippen molar-refractivity contribution in [2.24, 2.45) is 5.92 Å². The highest BCUT2D eigenvalue weighted by Crippen LogP contribution is 2.22. The second-order valence-electron chi connectivity index (χ2n) is 8.44. The zero-order valence-corrected chi connectivity index (χ0v) is 18.7. The molecule has 1 aliphatic rings. The quantitative estimate of drug-likeness (QED) is 0.415. The van der Waals surface area contributed by atoms with E-state index >= 15 is 0 Å². The predicted molar refractivity (Wildman–Crippen MR) is 115 cm³/mol. The van der Waals surface area contributed by atoms with Crippen LogP contribution in [0.1, 0.15) is 45.6 Å². The molecule has 2 rings (SSSR count). The number of alkyl carbamates (subject to hydrolysis) is 1. The molecule has 0 atom stereocenters. The lowest BCUT2D eigenvalue weighted by molar-refractivity contribution is -0.136. The Morgan fingerprint density at radius 2 is 1.77 bits per heavy atom. The average Bonchev–Trinajstić information content (AvgIpc) is 2.74. The monoisotopic (exact) mass is 432 g/mol. The first-order chi connectivity index (χ1) is 14.7. The molecule has 1 heterocycles. The molecular formula is C23H32N2O6. The molecule has 0 unspecified atom stereocenters. The number of rotatable bonds is 6. The summed E-state index contributed by atoms with van der Waals surface area (Å²) in [5.41, 5.74) is 0.331. The number of carbonyl (C=O) groups is 3. The van der Waals surface area contributed by atoms with E-state index in [0.717, 1.165) is 18.4 Å². The zero-order chi connectivity index (χ0) is 22.9. The highest BCUT2D eigenvalue weighted by molar-refractivity contribution is 5.92. The standard InChI is InChI=1S/C23H32N2O6/c1-23(2,3)31-21(27)24-19(20(26)29-4)11-10-17-12-14-25(15-13-17)22(28)30-16-18-8-6-5-7-9-18/h5-9,11,17H,10,12-16H2,1-4H3,(H,24,27)/b19-11+.